The van der Waals surface area contributed by atoms with Crippen LogP contribution in [-0.2, 0) is 0 Å². The van der Waals surface area contributed by atoms with Gasteiger partial charge in [-0.25, -0.2) is 9.97 Å². The normalized spacial score (nSPS) is 11.4. The maximum atomic E-state index is 4.41. The lowest BCUT2D eigenvalue weighted by atomic mass is 10.3. The fourth-order valence-corrected chi connectivity index (χ4v) is 1.57. The molecule has 2 aromatic rings. The number of hydrogen-bond donors (Lipinski definition) is 1. The number of aromatic nitrogens is 3. The first-order valence-corrected chi connectivity index (χ1v) is 6.18. The van der Waals surface area contributed by atoms with E-state index in [1.807, 2.05) is 12.1 Å². The second-order valence-corrected chi connectivity index (χ2v) is 4.60. The van der Waals surface area contributed by atoms with Gasteiger partial charge in [0.05, 0.1) is 0 Å². The summed E-state index contributed by atoms with van der Waals surface area (Å²) in [5.41, 5.74) is 1.50. The van der Waals surface area contributed by atoms with Crippen molar-refractivity contribution < 1.29 is 0 Å². The molecule has 0 unspecified atom stereocenters. The molecule has 96 valence electrons. The Morgan fingerprint density at radius 3 is 2.78 bits per heavy atom. The molecule has 0 amide bonds. The van der Waals surface area contributed by atoms with Gasteiger partial charge in [0.2, 0.25) is 0 Å². The Labute approximate surface area is 107 Å². The lowest BCUT2D eigenvalue weighted by Gasteiger charge is -2.21. The first-order chi connectivity index (χ1) is 8.66. The van der Waals surface area contributed by atoms with Crippen molar-refractivity contribution in [2.45, 2.75) is 19.9 Å². The SMILES string of the molecule is CC(C)N(C)CCNc1ccc2nccnc2n1. The van der Waals surface area contributed by atoms with E-state index in [-0.39, 0.29) is 0 Å². The van der Waals surface area contributed by atoms with E-state index in [4.69, 9.17) is 0 Å². The molecule has 0 aliphatic heterocycles. The highest BCUT2D eigenvalue weighted by Gasteiger charge is 2.03. The lowest BCUT2D eigenvalue weighted by molar-refractivity contribution is 0.284. The second kappa shape index (κ2) is 5.73. The molecule has 0 saturated heterocycles. The molecule has 5 heteroatoms. The summed E-state index contributed by atoms with van der Waals surface area (Å²) in [4.78, 5) is 15.1. The zero-order valence-corrected chi connectivity index (χ0v) is 11.1. The number of nitrogens with one attached hydrogen (secondary N) is 1. The topological polar surface area (TPSA) is 53.9 Å². The highest BCUT2D eigenvalue weighted by Crippen LogP contribution is 2.09. The van der Waals surface area contributed by atoms with Crippen molar-refractivity contribution in [3.8, 4) is 0 Å². The Hall–Kier alpha value is -1.75. The predicted octanol–water partition coefficient (Wildman–Crippen LogP) is 1.78. The summed E-state index contributed by atoms with van der Waals surface area (Å²) in [5, 5.41) is 3.30. The number of likely N-dealkylation sites (N-methyl/N-ethyl adjacent to an activating group) is 1. The van der Waals surface area contributed by atoms with Gasteiger partial charge in [-0.3, -0.25) is 4.98 Å². The smallest absolute Gasteiger partial charge is 0.180 e. The van der Waals surface area contributed by atoms with Crippen molar-refractivity contribution in [1.29, 1.82) is 0 Å². The molecule has 5 nitrogen and oxygen atoms in total. The Morgan fingerprint density at radius 1 is 1.22 bits per heavy atom. The van der Waals surface area contributed by atoms with Crippen molar-refractivity contribution in [3.63, 3.8) is 0 Å². The molecule has 2 heterocycles. The third kappa shape index (κ3) is 3.13. The summed E-state index contributed by atoms with van der Waals surface area (Å²) < 4.78 is 0. The van der Waals surface area contributed by atoms with E-state index >= 15 is 0 Å². The molecule has 0 aliphatic rings. The number of nitrogens with zero attached hydrogens (tertiary/aromatic N) is 4. The van der Waals surface area contributed by atoms with Crippen molar-refractivity contribution in [1.82, 2.24) is 19.9 Å². The monoisotopic (exact) mass is 245 g/mol. The average Bonchev–Trinajstić information content (AvgIpc) is 2.38. The molecule has 0 atom stereocenters. The van der Waals surface area contributed by atoms with E-state index in [1.165, 1.54) is 0 Å². The fourth-order valence-electron chi connectivity index (χ4n) is 1.57. The van der Waals surface area contributed by atoms with E-state index < -0.39 is 0 Å². The van der Waals surface area contributed by atoms with Crippen LogP contribution in [0.2, 0.25) is 0 Å². The number of rotatable bonds is 5. The summed E-state index contributed by atoms with van der Waals surface area (Å²) in [5.74, 6) is 0.847. The van der Waals surface area contributed by atoms with Crippen molar-refractivity contribution in [2.75, 3.05) is 25.5 Å². The maximum Gasteiger partial charge on any atom is 0.180 e. The molecule has 0 aromatic carbocycles. The standard InChI is InChI=1S/C13H19N5/c1-10(2)18(3)9-8-15-12-5-4-11-13(17-12)16-7-6-14-11/h4-7,10H,8-9H2,1-3H3,(H,15,16,17). The predicted molar refractivity (Wildman–Crippen MR) is 73.6 cm³/mol. The number of anilines is 1. The van der Waals surface area contributed by atoms with Gasteiger partial charge in [-0.2, -0.15) is 0 Å². The number of pyridine rings is 1. The Kier molecular flexibility index (Phi) is 4.04. The lowest BCUT2D eigenvalue weighted by Crippen LogP contribution is -2.31. The molecular formula is C13H19N5. The minimum Gasteiger partial charge on any atom is -0.369 e. The fraction of sp³-hybridized carbons (Fsp3) is 0.462. The minimum atomic E-state index is 0.558. The van der Waals surface area contributed by atoms with Crippen LogP contribution in [0, 0.1) is 0 Å². The molecule has 0 fully saturated rings. The van der Waals surface area contributed by atoms with Gasteiger partial charge in [-0.05, 0) is 33.0 Å². The van der Waals surface area contributed by atoms with Gasteiger partial charge in [0.15, 0.2) is 5.65 Å². The zero-order valence-electron chi connectivity index (χ0n) is 11.1. The van der Waals surface area contributed by atoms with Gasteiger partial charge in [-0.15, -0.1) is 0 Å². The highest BCUT2D eigenvalue weighted by molar-refractivity contribution is 5.71. The number of hydrogen-bond acceptors (Lipinski definition) is 5. The van der Waals surface area contributed by atoms with Crippen molar-refractivity contribution >= 4 is 17.0 Å². The first kappa shape index (κ1) is 12.7. The molecule has 1 N–H and O–H groups in total. The van der Waals surface area contributed by atoms with Crippen LogP contribution in [0.5, 0.6) is 0 Å². The van der Waals surface area contributed by atoms with Crippen LogP contribution in [0.15, 0.2) is 24.5 Å². The van der Waals surface area contributed by atoms with Crippen LogP contribution < -0.4 is 5.32 Å². The second-order valence-electron chi connectivity index (χ2n) is 4.60. The third-order valence-corrected chi connectivity index (χ3v) is 2.98. The molecule has 0 bridgehead atoms. The highest BCUT2D eigenvalue weighted by atomic mass is 15.1. The summed E-state index contributed by atoms with van der Waals surface area (Å²) in [6.45, 7) is 6.22. The van der Waals surface area contributed by atoms with Crippen LogP contribution in [0.1, 0.15) is 13.8 Å². The van der Waals surface area contributed by atoms with Gasteiger partial charge < -0.3 is 10.2 Å². The summed E-state index contributed by atoms with van der Waals surface area (Å²) in [7, 11) is 2.12. The largest absolute Gasteiger partial charge is 0.369 e. The van der Waals surface area contributed by atoms with Crippen LogP contribution >= 0.6 is 0 Å². The molecule has 18 heavy (non-hydrogen) atoms. The molecule has 2 rings (SSSR count). The molecule has 0 aliphatic carbocycles. The summed E-state index contributed by atoms with van der Waals surface area (Å²) in [6.07, 6.45) is 3.33. The van der Waals surface area contributed by atoms with E-state index in [9.17, 15) is 0 Å². The van der Waals surface area contributed by atoms with Crippen LogP contribution in [0.4, 0.5) is 5.82 Å². The van der Waals surface area contributed by atoms with Crippen LogP contribution in [0.25, 0.3) is 11.2 Å². The molecule has 2 aromatic heterocycles. The number of fused-ring (bicyclic) bond motifs is 1. The van der Waals surface area contributed by atoms with Crippen LogP contribution in [0.3, 0.4) is 0 Å². The molecular weight excluding hydrogens is 226 g/mol. The average molecular weight is 245 g/mol. The van der Waals surface area contributed by atoms with E-state index in [2.05, 4.69) is 46.1 Å². The van der Waals surface area contributed by atoms with Crippen molar-refractivity contribution in [2.24, 2.45) is 0 Å². The van der Waals surface area contributed by atoms with Gasteiger partial charge in [0.1, 0.15) is 11.3 Å². The molecule has 0 saturated carbocycles. The summed E-state index contributed by atoms with van der Waals surface area (Å²) in [6, 6.07) is 4.43. The zero-order chi connectivity index (χ0) is 13.0. The van der Waals surface area contributed by atoms with Gasteiger partial charge >= 0.3 is 0 Å². The minimum absolute atomic E-state index is 0.558. The van der Waals surface area contributed by atoms with E-state index in [0.717, 1.165) is 24.4 Å². The summed E-state index contributed by atoms with van der Waals surface area (Å²) >= 11 is 0. The van der Waals surface area contributed by atoms with Crippen LogP contribution in [-0.4, -0.2) is 46.0 Å². The quantitative estimate of drug-likeness (QED) is 0.870. The van der Waals surface area contributed by atoms with Gasteiger partial charge in [0.25, 0.3) is 0 Å². The van der Waals surface area contributed by atoms with E-state index in [1.54, 1.807) is 12.4 Å². The van der Waals surface area contributed by atoms with Gasteiger partial charge in [-0.1, -0.05) is 0 Å². The Balaban J connectivity index is 1.96. The Bertz CT molecular complexity index is 511. The molecule has 0 radical (unpaired) electrons. The van der Waals surface area contributed by atoms with Gasteiger partial charge in [0, 0.05) is 31.5 Å². The van der Waals surface area contributed by atoms with Crippen molar-refractivity contribution in [3.05, 3.63) is 24.5 Å². The van der Waals surface area contributed by atoms with E-state index in [0.29, 0.717) is 11.7 Å². The first-order valence-electron chi connectivity index (χ1n) is 6.18. The third-order valence-electron chi connectivity index (χ3n) is 2.98. The maximum absolute atomic E-state index is 4.41. The Morgan fingerprint density at radius 2 is 2.00 bits per heavy atom. The molecule has 0 spiro atoms.